The molecule has 1 aromatic carbocycles. The fraction of sp³-hybridized carbons (Fsp3) is 0.0400. The second-order valence-corrected chi connectivity index (χ2v) is 7.38. The number of benzene rings is 1. The van der Waals surface area contributed by atoms with E-state index in [1.165, 1.54) is 18.3 Å². The zero-order chi connectivity index (χ0) is 22.8. The van der Waals surface area contributed by atoms with Crippen molar-refractivity contribution in [2.75, 3.05) is 5.73 Å². The number of nitrogen functional groups attached to an aromatic ring is 1. The van der Waals surface area contributed by atoms with Crippen LogP contribution >= 0.6 is 0 Å². The molecule has 4 aromatic heterocycles. The fourth-order valence-corrected chi connectivity index (χ4v) is 3.55. The molecule has 0 fully saturated rings. The minimum absolute atomic E-state index is 0.0759. The largest absolute Gasteiger partial charge is 0.457 e. The summed E-state index contributed by atoms with van der Waals surface area (Å²) in [5, 5.41) is 4.73. The lowest BCUT2D eigenvalue weighted by Crippen LogP contribution is -2.06. The summed E-state index contributed by atoms with van der Waals surface area (Å²) in [6.07, 6.45) is 6.61. The van der Waals surface area contributed by atoms with Crippen LogP contribution in [0.2, 0.25) is 0 Å². The monoisotopic (exact) mass is 439 g/mol. The van der Waals surface area contributed by atoms with Gasteiger partial charge in [-0.15, -0.1) is 0 Å². The molecule has 0 unspecified atom stereocenters. The van der Waals surface area contributed by atoms with Crippen LogP contribution in [0.1, 0.15) is 15.9 Å². The third-order valence-electron chi connectivity index (χ3n) is 5.18. The molecule has 4 heterocycles. The van der Waals surface area contributed by atoms with Crippen molar-refractivity contribution in [1.82, 2.24) is 19.6 Å². The molecule has 162 valence electrons. The van der Waals surface area contributed by atoms with E-state index in [1.807, 2.05) is 24.3 Å². The van der Waals surface area contributed by atoms with E-state index in [9.17, 15) is 9.18 Å². The lowest BCUT2D eigenvalue weighted by molar-refractivity contribution is 0.0472. The summed E-state index contributed by atoms with van der Waals surface area (Å²) in [5.41, 5.74) is 10.8. The molecule has 0 aliphatic rings. The maximum absolute atomic E-state index is 13.5. The third-order valence-corrected chi connectivity index (χ3v) is 5.18. The third kappa shape index (κ3) is 4.14. The highest BCUT2D eigenvalue weighted by Crippen LogP contribution is 2.35. The highest BCUT2D eigenvalue weighted by molar-refractivity contribution is 5.92. The van der Waals surface area contributed by atoms with Gasteiger partial charge in [0.05, 0.1) is 11.1 Å². The van der Waals surface area contributed by atoms with Crippen LogP contribution in [0.15, 0.2) is 85.5 Å². The minimum atomic E-state index is -0.489. The summed E-state index contributed by atoms with van der Waals surface area (Å²) in [6, 6.07) is 16.9. The van der Waals surface area contributed by atoms with E-state index in [-0.39, 0.29) is 12.4 Å². The van der Waals surface area contributed by atoms with Crippen molar-refractivity contribution in [3.63, 3.8) is 0 Å². The molecule has 0 spiro atoms. The number of hydrogen-bond donors (Lipinski definition) is 1. The second-order valence-electron chi connectivity index (χ2n) is 7.38. The van der Waals surface area contributed by atoms with Gasteiger partial charge >= 0.3 is 5.97 Å². The number of carbonyl (C=O) groups excluding carboxylic acids is 1. The molecule has 0 atom stereocenters. The molecule has 0 saturated carbocycles. The van der Waals surface area contributed by atoms with Crippen LogP contribution < -0.4 is 5.73 Å². The zero-order valence-electron chi connectivity index (χ0n) is 17.4. The first-order valence-electron chi connectivity index (χ1n) is 10.1. The first-order valence-corrected chi connectivity index (χ1v) is 10.1. The van der Waals surface area contributed by atoms with Gasteiger partial charge in [0.25, 0.3) is 0 Å². The number of halogens is 1. The van der Waals surface area contributed by atoms with E-state index >= 15 is 0 Å². The lowest BCUT2D eigenvalue weighted by atomic mass is 10.00. The van der Waals surface area contributed by atoms with Crippen LogP contribution in [0.4, 0.5) is 10.2 Å². The SMILES string of the molecule is Nc1ccc(C(=O)OCc2ccn3nc(-c4ccc(F)cc4)c(-c4ccncc4)c3c2)cn1. The second kappa shape index (κ2) is 8.51. The number of hydrogen-bond acceptors (Lipinski definition) is 6. The van der Waals surface area contributed by atoms with Gasteiger partial charge in [-0.05, 0) is 71.8 Å². The molecule has 5 rings (SSSR count). The highest BCUT2D eigenvalue weighted by Gasteiger charge is 2.17. The predicted octanol–water partition coefficient (Wildman–Crippen LogP) is 4.54. The fourth-order valence-electron chi connectivity index (χ4n) is 3.55. The van der Waals surface area contributed by atoms with Gasteiger partial charge in [0, 0.05) is 35.9 Å². The number of nitrogens with two attached hydrogens (primary N) is 1. The number of carbonyl (C=O) groups is 1. The summed E-state index contributed by atoms with van der Waals surface area (Å²) < 4.78 is 20.7. The first-order chi connectivity index (χ1) is 16.1. The summed E-state index contributed by atoms with van der Waals surface area (Å²) in [6.45, 7) is 0.0759. The molecule has 8 heteroatoms. The van der Waals surface area contributed by atoms with E-state index in [0.29, 0.717) is 17.1 Å². The average molecular weight is 439 g/mol. The van der Waals surface area contributed by atoms with Crippen LogP contribution in [0, 0.1) is 5.82 Å². The highest BCUT2D eigenvalue weighted by atomic mass is 19.1. The summed E-state index contributed by atoms with van der Waals surface area (Å²) >= 11 is 0. The molecule has 7 nitrogen and oxygen atoms in total. The van der Waals surface area contributed by atoms with Gasteiger partial charge in [-0.1, -0.05) is 0 Å². The molecule has 5 aromatic rings. The predicted molar refractivity (Wildman–Crippen MR) is 122 cm³/mol. The Morgan fingerprint density at radius 3 is 2.52 bits per heavy atom. The first kappa shape index (κ1) is 20.3. The average Bonchev–Trinajstić information content (AvgIpc) is 3.22. The van der Waals surface area contributed by atoms with Crippen LogP contribution in [-0.2, 0) is 11.3 Å². The lowest BCUT2D eigenvalue weighted by Gasteiger charge is -2.07. The molecular weight excluding hydrogens is 421 g/mol. The van der Waals surface area contributed by atoms with Crippen molar-refractivity contribution < 1.29 is 13.9 Å². The Bertz CT molecular complexity index is 1430. The van der Waals surface area contributed by atoms with Gasteiger partial charge in [-0.3, -0.25) is 4.98 Å². The maximum Gasteiger partial charge on any atom is 0.340 e. The van der Waals surface area contributed by atoms with Crippen molar-refractivity contribution in [1.29, 1.82) is 0 Å². The Morgan fingerprint density at radius 1 is 1.00 bits per heavy atom. The van der Waals surface area contributed by atoms with Crippen LogP contribution in [0.5, 0.6) is 0 Å². The molecular formula is C25H18FN5O2. The van der Waals surface area contributed by atoms with Gasteiger partial charge in [0.1, 0.15) is 23.9 Å². The number of esters is 1. The van der Waals surface area contributed by atoms with Crippen molar-refractivity contribution in [3.05, 3.63) is 102 Å². The zero-order valence-corrected chi connectivity index (χ0v) is 17.4. The van der Waals surface area contributed by atoms with E-state index in [2.05, 4.69) is 9.97 Å². The van der Waals surface area contributed by atoms with Crippen molar-refractivity contribution in [3.8, 4) is 22.4 Å². The summed E-state index contributed by atoms with van der Waals surface area (Å²) in [4.78, 5) is 20.4. The molecule has 0 bridgehead atoms. The van der Waals surface area contributed by atoms with E-state index in [0.717, 1.165) is 27.8 Å². The number of anilines is 1. The maximum atomic E-state index is 13.5. The number of rotatable bonds is 5. The standard InChI is InChI=1S/C25H18FN5O2/c26-20-4-1-18(2-5-20)24-23(17-7-10-28-11-8-17)21-13-16(9-12-31(21)30-24)15-33-25(32)19-3-6-22(27)29-14-19/h1-14H,15H2,(H2,27,29). The van der Waals surface area contributed by atoms with Crippen molar-refractivity contribution in [2.24, 2.45) is 0 Å². The molecule has 0 amide bonds. The summed E-state index contributed by atoms with van der Waals surface area (Å²) in [5.74, 6) is -0.469. The van der Waals surface area contributed by atoms with Gasteiger partial charge in [-0.2, -0.15) is 5.10 Å². The van der Waals surface area contributed by atoms with Crippen LogP contribution in [-0.4, -0.2) is 25.6 Å². The van der Waals surface area contributed by atoms with Gasteiger partial charge in [-0.25, -0.2) is 18.7 Å². The smallest absolute Gasteiger partial charge is 0.340 e. The Morgan fingerprint density at radius 2 is 1.79 bits per heavy atom. The quantitative estimate of drug-likeness (QED) is 0.404. The summed E-state index contributed by atoms with van der Waals surface area (Å²) in [7, 11) is 0. The Hall–Kier alpha value is -4.59. The molecule has 2 N–H and O–H groups in total. The normalized spacial score (nSPS) is 10.9. The topological polar surface area (TPSA) is 95.4 Å². The van der Waals surface area contributed by atoms with Gasteiger partial charge < -0.3 is 10.5 Å². The van der Waals surface area contributed by atoms with E-state index < -0.39 is 5.97 Å². The molecule has 33 heavy (non-hydrogen) atoms. The molecule has 0 radical (unpaired) electrons. The van der Waals surface area contributed by atoms with Crippen molar-refractivity contribution >= 4 is 17.3 Å². The van der Waals surface area contributed by atoms with Crippen LogP contribution in [0.25, 0.3) is 27.9 Å². The van der Waals surface area contributed by atoms with E-state index in [4.69, 9.17) is 15.6 Å². The number of ether oxygens (including phenoxy) is 1. The number of aromatic nitrogens is 4. The number of nitrogens with zero attached hydrogens (tertiary/aromatic N) is 4. The Balaban J connectivity index is 1.52. The number of pyridine rings is 3. The van der Waals surface area contributed by atoms with E-state index in [1.54, 1.807) is 47.4 Å². The Labute approximate surface area is 188 Å². The molecule has 0 aliphatic carbocycles. The van der Waals surface area contributed by atoms with Crippen LogP contribution in [0.3, 0.4) is 0 Å². The van der Waals surface area contributed by atoms with Crippen molar-refractivity contribution in [2.45, 2.75) is 6.61 Å². The molecule has 0 aliphatic heterocycles. The Kier molecular flexibility index (Phi) is 5.24. The number of fused-ring (bicyclic) bond motifs is 1. The van der Waals surface area contributed by atoms with Gasteiger partial charge in [0.15, 0.2) is 0 Å². The minimum Gasteiger partial charge on any atom is -0.457 e. The molecule has 0 saturated heterocycles. The van der Waals surface area contributed by atoms with Gasteiger partial charge in [0.2, 0.25) is 0 Å².